The van der Waals surface area contributed by atoms with Crippen LogP contribution in [-0.2, 0) is 14.8 Å². The molecule has 0 unspecified atom stereocenters. The fourth-order valence-electron chi connectivity index (χ4n) is 2.81. The van der Waals surface area contributed by atoms with Crippen molar-refractivity contribution in [3.8, 4) is 0 Å². The van der Waals surface area contributed by atoms with E-state index in [-0.39, 0.29) is 10.8 Å². The van der Waals surface area contributed by atoms with E-state index in [4.69, 9.17) is 4.42 Å². The smallest absolute Gasteiger partial charge is 0.250 e. The Bertz CT molecular complexity index is 1100. The summed E-state index contributed by atoms with van der Waals surface area (Å²) < 4.78 is 33.3. The molecule has 0 atom stereocenters. The van der Waals surface area contributed by atoms with Crippen molar-refractivity contribution in [3.63, 3.8) is 0 Å². The van der Waals surface area contributed by atoms with Crippen LogP contribution in [0, 0.1) is 0 Å². The van der Waals surface area contributed by atoms with E-state index in [1.807, 2.05) is 13.8 Å². The Balaban J connectivity index is 1.79. The molecule has 0 saturated heterocycles. The van der Waals surface area contributed by atoms with Crippen molar-refractivity contribution in [2.75, 3.05) is 18.4 Å². The average Bonchev–Trinajstić information content (AvgIpc) is 3.34. The maximum Gasteiger partial charge on any atom is 0.250 e. The number of nitrogens with one attached hydrogen (secondary N) is 1. The van der Waals surface area contributed by atoms with Crippen molar-refractivity contribution in [2.24, 2.45) is 0 Å². The topological polar surface area (TPSA) is 92.5 Å². The Morgan fingerprint density at radius 1 is 1.24 bits per heavy atom. The Hall–Kier alpha value is -2.49. The molecule has 2 aromatic heterocycles. The first-order chi connectivity index (χ1) is 13.9. The van der Waals surface area contributed by atoms with E-state index >= 15 is 0 Å². The molecular weight excluding hydrogens is 410 g/mol. The number of furan rings is 1. The molecule has 29 heavy (non-hydrogen) atoms. The van der Waals surface area contributed by atoms with Crippen LogP contribution in [0.15, 0.2) is 52.0 Å². The van der Waals surface area contributed by atoms with E-state index in [1.165, 1.54) is 28.0 Å². The first-order valence-corrected chi connectivity index (χ1v) is 11.6. The molecule has 7 nitrogen and oxygen atoms in total. The van der Waals surface area contributed by atoms with E-state index in [2.05, 4.69) is 10.3 Å². The third kappa shape index (κ3) is 5.11. The molecule has 1 aromatic carbocycles. The fraction of sp³-hybridized carbons (Fsp3) is 0.300. The number of hydrogen-bond acceptors (Lipinski definition) is 6. The van der Waals surface area contributed by atoms with Gasteiger partial charge >= 0.3 is 0 Å². The van der Waals surface area contributed by atoms with Crippen molar-refractivity contribution >= 4 is 48.7 Å². The molecule has 154 valence electrons. The van der Waals surface area contributed by atoms with E-state index in [0.717, 1.165) is 12.8 Å². The highest BCUT2D eigenvalue weighted by Crippen LogP contribution is 2.29. The van der Waals surface area contributed by atoms with Crippen molar-refractivity contribution in [1.82, 2.24) is 9.29 Å². The predicted octanol–water partition coefficient (Wildman–Crippen LogP) is 4.35. The molecule has 1 N–H and O–H groups in total. The number of carbonyl (C=O) groups is 1. The van der Waals surface area contributed by atoms with Gasteiger partial charge in [0.05, 0.1) is 21.4 Å². The molecule has 0 bridgehead atoms. The molecule has 0 radical (unpaired) electrons. The number of aromatic nitrogens is 1. The summed E-state index contributed by atoms with van der Waals surface area (Å²) in [6.45, 7) is 4.89. The first-order valence-electron chi connectivity index (χ1n) is 9.37. The van der Waals surface area contributed by atoms with Gasteiger partial charge in [0.25, 0.3) is 0 Å². The first kappa shape index (κ1) is 21.2. The van der Waals surface area contributed by atoms with Crippen LogP contribution >= 0.6 is 11.3 Å². The average molecular weight is 434 g/mol. The molecular formula is C20H23N3O4S2. The highest BCUT2D eigenvalue weighted by Gasteiger charge is 2.23. The molecule has 0 fully saturated rings. The third-order valence-corrected chi connectivity index (χ3v) is 6.94. The molecule has 0 aliphatic heterocycles. The van der Waals surface area contributed by atoms with Crippen LogP contribution in [0.25, 0.3) is 16.3 Å². The minimum Gasteiger partial charge on any atom is -0.465 e. The van der Waals surface area contributed by atoms with Gasteiger partial charge in [0.15, 0.2) is 5.13 Å². The molecule has 9 heteroatoms. The SMILES string of the molecule is CCCN(CCC)S(=O)(=O)c1ccc2nc(NC(=O)C=Cc3ccco3)sc2c1. The lowest BCUT2D eigenvalue weighted by Crippen LogP contribution is -2.32. The minimum absolute atomic E-state index is 0.242. The Kier molecular flexibility index (Phi) is 6.83. The van der Waals surface area contributed by atoms with Crippen molar-refractivity contribution in [3.05, 3.63) is 48.4 Å². The zero-order chi connectivity index (χ0) is 20.9. The fourth-order valence-corrected chi connectivity index (χ4v) is 5.44. The number of nitrogens with zero attached hydrogens (tertiary/aromatic N) is 2. The number of amides is 1. The molecule has 0 aliphatic carbocycles. The van der Waals surface area contributed by atoms with E-state index < -0.39 is 10.0 Å². The van der Waals surface area contributed by atoms with E-state index in [0.29, 0.717) is 34.2 Å². The molecule has 3 aromatic rings. The Morgan fingerprint density at radius 3 is 2.66 bits per heavy atom. The van der Waals surface area contributed by atoms with Crippen LogP contribution in [0.5, 0.6) is 0 Å². The highest BCUT2D eigenvalue weighted by molar-refractivity contribution is 7.89. The van der Waals surface area contributed by atoms with Crippen molar-refractivity contribution in [1.29, 1.82) is 0 Å². The molecule has 0 aliphatic rings. The monoisotopic (exact) mass is 433 g/mol. The largest absolute Gasteiger partial charge is 0.465 e. The second-order valence-electron chi connectivity index (χ2n) is 6.39. The summed E-state index contributed by atoms with van der Waals surface area (Å²) in [6.07, 6.45) is 5.95. The maximum absolute atomic E-state index is 13.0. The highest BCUT2D eigenvalue weighted by atomic mass is 32.2. The van der Waals surface area contributed by atoms with Gasteiger partial charge in [-0.3, -0.25) is 10.1 Å². The second kappa shape index (κ2) is 9.34. The summed E-state index contributed by atoms with van der Waals surface area (Å²) in [5.74, 6) is 0.230. The molecule has 3 rings (SSSR count). The van der Waals surface area contributed by atoms with Gasteiger partial charge in [0.1, 0.15) is 5.76 Å². The van der Waals surface area contributed by atoms with Crippen molar-refractivity contribution in [2.45, 2.75) is 31.6 Å². The number of benzene rings is 1. The minimum atomic E-state index is -3.56. The summed E-state index contributed by atoms with van der Waals surface area (Å²) >= 11 is 1.23. The van der Waals surface area contributed by atoms with Crippen LogP contribution in [0.1, 0.15) is 32.4 Å². The second-order valence-corrected chi connectivity index (χ2v) is 9.36. The molecule has 2 heterocycles. The molecule has 0 saturated carbocycles. The maximum atomic E-state index is 13.0. The van der Waals surface area contributed by atoms with Gasteiger partial charge < -0.3 is 4.42 Å². The number of sulfonamides is 1. The quantitative estimate of drug-likeness (QED) is 0.507. The van der Waals surface area contributed by atoms with Crippen LogP contribution in [0.4, 0.5) is 5.13 Å². The van der Waals surface area contributed by atoms with Gasteiger partial charge in [-0.2, -0.15) is 4.31 Å². The number of hydrogen-bond donors (Lipinski definition) is 1. The van der Waals surface area contributed by atoms with E-state index in [1.54, 1.807) is 36.4 Å². The van der Waals surface area contributed by atoms with Gasteiger partial charge in [-0.25, -0.2) is 13.4 Å². The van der Waals surface area contributed by atoms with Gasteiger partial charge in [-0.1, -0.05) is 25.2 Å². The Labute approximate surface area is 174 Å². The third-order valence-electron chi connectivity index (χ3n) is 4.12. The normalized spacial score (nSPS) is 12.2. The number of fused-ring (bicyclic) bond motifs is 1. The molecule has 0 spiro atoms. The number of carbonyl (C=O) groups excluding carboxylic acids is 1. The summed E-state index contributed by atoms with van der Waals surface area (Å²) in [4.78, 5) is 16.7. The predicted molar refractivity (Wildman–Crippen MR) is 115 cm³/mol. The summed E-state index contributed by atoms with van der Waals surface area (Å²) in [6, 6.07) is 8.33. The van der Waals surface area contributed by atoms with Gasteiger partial charge in [-0.05, 0) is 49.2 Å². The lowest BCUT2D eigenvalue weighted by Gasteiger charge is -2.20. The van der Waals surface area contributed by atoms with E-state index in [9.17, 15) is 13.2 Å². The number of rotatable bonds is 9. The summed E-state index contributed by atoms with van der Waals surface area (Å²) in [7, 11) is -3.56. The zero-order valence-corrected chi connectivity index (χ0v) is 17.9. The van der Waals surface area contributed by atoms with Crippen LogP contribution in [0.3, 0.4) is 0 Å². The Morgan fingerprint density at radius 2 is 2.00 bits per heavy atom. The van der Waals surface area contributed by atoms with Gasteiger partial charge in [0.2, 0.25) is 15.9 Å². The number of thiazole rings is 1. The standard InChI is InChI=1S/C20H23N3O4S2/c1-3-11-23(12-4-2)29(25,26)16-8-9-17-18(14-16)28-20(21-17)22-19(24)10-7-15-6-5-13-27-15/h5-10,13-14H,3-4,11-12H2,1-2H3,(H,21,22,24). The lowest BCUT2D eigenvalue weighted by atomic mass is 10.3. The lowest BCUT2D eigenvalue weighted by molar-refractivity contribution is -0.111. The van der Waals surface area contributed by atoms with Gasteiger partial charge in [-0.15, -0.1) is 0 Å². The summed E-state index contributed by atoms with van der Waals surface area (Å²) in [5, 5.41) is 3.10. The molecule has 1 amide bonds. The van der Waals surface area contributed by atoms with Gasteiger partial charge in [0, 0.05) is 19.2 Å². The summed E-state index contributed by atoms with van der Waals surface area (Å²) in [5.41, 5.74) is 0.636. The number of anilines is 1. The van der Waals surface area contributed by atoms with Crippen LogP contribution < -0.4 is 5.32 Å². The van der Waals surface area contributed by atoms with Crippen molar-refractivity contribution < 1.29 is 17.6 Å². The van der Waals surface area contributed by atoms with Crippen LogP contribution in [-0.4, -0.2) is 36.7 Å². The zero-order valence-electron chi connectivity index (χ0n) is 16.3. The van der Waals surface area contributed by atoms with Crippen LogP contribution in [0.2, 0.25) is 0 Å².